The van der Waals surface area contributed by atoms with Crippen molar-refractivity contribution in [2.45, 2.75) is 142 Å². The molecule has 0 amide bonds. The molecule has 0 fully saturated rings. The van der Waals surface area contributed by atoms with Crippen molar-refractivity contribution in [3.8, 4) is 0 Å². The van der Waals surface area contributed by atoms with Gasteiger partial charge in [-0.3, -0.25) is 9.59 Å². The summed E-state index contributed by atoms with van der Waals surface area (Å²) >= 11 is 0. The zero-order chi connectivity index (χ0) is 23.7. The van der Waals surface area contributed by atoms with Crippen LogP contribution in [0.5, 0.6) is 0 Å². The lowest BCUT2D eigenvalue weighted by atomic mass is 10.1. The van der Waals surface area contributed by atoms with Crippen LogP contribution in [0.2, 0.25) is 0 Å². The van der Waals surface area contributed by atoms with Crippen molar-refractivity contribution in [1.29, 1.82) is 0 Å². The van der Waals surface area contributed by atoms with Crippen molar-refractivity contribution in [3.63, 3.8) is 0 Å². The first-order valence-electron chi connectivity index (χ1n) is 13.5. The van der Waals surface area contributed by atoms with E-state index in [-0.39, 0.29) is 18.0 Å². The van der Waals surface area contributed by atoms with Crippen molar-refractivity contribution in [2.75, 3.05) is 20.3 Å². The number of rotatable bonds is 24. The third kappa shape index (κ3) is 22.1. The number of carbonyl (C=O) groups is 2. The summed E-state index contributed by atoms with van der Waals surface area (Å²) in [5, 5.41) is 0. The van der Waals surface area contributed by atoms with Crippen molar-refractivity contribution in [2.24, 2.45) is 0 Å². The van der Waals surface area contributed by atoms with Gasteiger partial charge in [0.15, 0.2) is 0 Å². The van der Waals surface area contributed by atoms with Crippen LogP contribution in [0.3, 0.4) is 0 Å². The topological polar surface area (TPSA) is 61.8 Å². The highest BCUT2D eigenvalue weighted by Gasteiger charge is 2.14. The number of esters is 2. The van der Waals surface area contributed by atoms with E-state index in [1.54, 1.807) is 7.11 Å². The standard InChI is InChI=1S/C27H52O5/c1-4-6-8-10-11-12-17-24-31-26(28)21-15-13-16-22-27(29)32-25(20-18-23-30-3)19-14-9-7-5-2/h25H,4-24H2,1-3H3. The van der Waals surface area contributed by atoms with Gasteiger partial charge in [-0.2, -0.15) is 0 Å². The van der Waals surface area contributed by atoms with Crippen LogP contribution >= 0.6 is 0 Å². The summed E-state index contributed by atoms with van der Waals surface area (Å²) in [6.45, 7) is 5.68. The molecule has 5 nitrogen and oxygen atoms in total. The second-order valence-electron chi connectivity index (χ2n) is 9.00. The molecule has 0 heterocycles. The maximum atomic E-state index is 12.2. The van der Waals surface area contributed by atoms with E-state index in [1.807, 2.05) is 0 Å². The molecule has 0 N–H and O–H groups in total. The molecule has 190 valence electrons. The number of ether oxygens (including phenoxy) is 3. The van der Waals surface area contributed by atoms with Gasteiger partial charge in [0.05, 0.1) is 6.61 Å². The second kappa shape index (κ2) is 24.5. The molecule has 0 aromatic heterocycles. The molecule has 0 aromatic carbocycles. The third-order valence-electron chi connectivity index (χ3n) is 5.83. The predicted octanol–water partition coefficient (Wildman–Crippen LogP) is 7.54. The molecule has 1 unspecified atom stereocenters. The van der Waals surface area contributed by atoms with Crippen LogP contribution < -0.4 is 0 Å². The minimum Gasteiger partial charge on any atom is -0.466 e. The van der Waals surface area contributed by atoms with E-state index in [0.29, 0.717) is 26.1 Å². The second-order valence-corrected chi connectivity index (χ2v) is 9.00. The highest BCUT2D eigenvalue weighted by Crippen LogP contribution is 2.15. The molecule has 0 bridgehead atoms. The molecular formula is C27H52O5. The van der Waals surface area contributed by atoms with E-state index in [9.17, 15) is 9.59 Å². The Bertz CT molecular complexity index is 424. The Hall–Kier alpha value is -1.10. The van der Waals surface area contributed by atoms with Crippen LogP contribution in [-0.4, -0.2) is 38.4 Å². The third-order valence-corrected chi connectivity index (χ3v) is 5.83. The summed E-state index contributed by atoms with van der Waals surface area (Å²) in [5.74, 6) is -0.215. The van der Waals surface area contributed by atoms with Crippen LogP contribution in [-0.2, 0) is 23.8 Å². The zero-order valence-corrected chi connectivity index (χ0v) is 21.5. The summed E-state index contributed by atoms with van der Waals surface area (Å²) in [7, 11) is 1.70. The van der Waals surface area contributed by atoms with E-state index in [1.165, 1.54) is 51.4 Å². The molecular weight excluding hydrogens is 404 g/mol. The van der Waals surface area contributed by atoms with Crippen LogP contribution in [0.15, 0.2) is 0 Å². The Morgan fingerprint density at radius 1 is 0.594 bits per heavy atom. The van der Waals surface area contributed by atoms with Crippen LogP contribution in [0, 0.1) is 0 Å². The highest BCUT2D eigenvalue weighted by molar-refractivity contribution is 5.70. The minimum absolute atomic E-state index is 0.0103. The first kappa shape index (κ1) is 30.9. The van der Waals surface area contributed by atoms with Crippen molar-refractivity contribution >= 4 is 11.9 Å². The maximum absolute atomic E-state index is 12.2. The van der Waals surface area contributed by atoms with Crippen molar-refractivity contribution in [1.82, 2.24) is 0 Å². The lowest BCUT2D eigenvalue weighted by molar-refractivity contribution is -0.150. The van der Waals surface area contributed by atoms with Crippen LogP contribution in [0.1, 0.15) is 136 Å². The molecule has 0 aliphatic carbocycles. The van der Waals surface area contributed by atoms with Crippen LogP contribution in [0.25, 0.3) is 0 Å². The van der Waals surface area contributed by atoms with E-state index in [4.69, 9.17) is 14.2 Å². The molecule has 32 heavy (non-hydrogen) atoms. The van der Waals surface area contributed by atoms with Gasteiger partial charge in [0.2, 0.25) is 0 Å². The quantitative estimate of drug-likeness (QED) is 0.111. The summed E-state index contributed by atoms with van der Waals surface area (Å²) < 4.78 is 16.2. The van der Waals surface area contributed by atoms with Gasteiger partial charge in [0.25, 0.3) is 0 Å². The molecule has 0 aliphatic heterocycles. The average molecular weight is 457 g/mol. The lowest BCUT2D eigenvalue weighted by Crippen LogP contribution is -2.19. The first-order valence-corrected chi connectivity index (χ1v) is 13.5. The van der Waals surface area contributed by atoms with Crippen molar-refractivity contribution in [3.05, 3.63) is 0 Å². The Balaban J connectivity index is 3.74. The summed E-state index contributed by atoms with van der Waals surface area (Å²) in [6.07, 6.45) is 19.3. The summed E-state index contributed by atoms with van der Waals surface area (Å²) in [5.41, 5.74) is 0. The molecule has 0 saturated carbocycles. The molecule has 0 spiro atoms. The largest absolute Gasteiger partial charge is 0.466 e. The normalized spacial score (nSPS) is 12.0. The zero-order valence-electron chi connectivity index (χ0n) is 21.5. The molecule has 1 atom stereocenters. The minimum atomic E-state index is -0.108. The first-order chi connectivity index (χ1) is 15.6. The molecule has 0 aliphatic rings. The van der Waals surface area contributed by atoms with E-state index in [2.05, 4.69) is 13.8 Å². The monoisotopic (exact) mass is 456 g/mol. The molecule has 0 radical (unpaired) electrons. The number of unbranched alkanes of at least 4 members (excludes halogenated alkanes) is 11. The van der Waals surface area contributed by atoms with Gasteiger partial charge in [0, 0.05) is 26.6 Å². The Kier molecular flexibility index (Phi) is 23.7. The van der Waals surface area contributed by atoms with Gasteiger partial charge in [-0.25, -0.2) is 0 Å². The van der Waals surface area contributed by atoms with E-state index < -0.39 is 0 Å². The molecule has 5 heteroatoms. The van der Waals surface area contributed by atoms with E-state index in [0.717, 1.165) is 57.8 Å². The maximum Gasteiger partial charge on any atom is 0.306 e. The Morgan fingerprint density at radius 3 is 1.78 bits per heavy atom. The average Bonchev–Trinajstić information content (AvgIpc) is 2.78. The number of hydrogen-bond acceptors (Lipinski definition) is 5. The fraction of sp³-hybridized carbons (Fsp3) is 0.926. The van der Waals surface area contributed by atoms with Gasteiger partial charge in [-0.1, -0.05) is 78.1 Å². The van der Waals surface area contributed by atoms with E-state index >= 15 is 0 Å². The fourth-order valence-electron chi connectivity index (χ4n) is 3.79. The smallest absolute Gasteiger partial charge is 0.306 e. The number of methoxy groups -OCH3 is 1. The van der Waals surface area contributed by atoms with Gasteiger partial charge in [-0.05, 0) is 44.9 Å². The fourth-order valence-corrected chi connectivity index (χ4v) is 3.79. The highest BCUT2D eigenvalue weighted by atomic mass is 16.5. The number of carbonyl (C=O) groups excluding carboxylic acids is 2. The predicted molar refractivity (Wildman–Crippen MR) is 132 cm³/mol. The Labute approximate surface area is 198 Å². The lowest BCUT2D eigenvalue weighted by Gasteiger charge is -2.18. The van der Waals surface area contributed by atoms with Gasteiger partial charge < -0.3 is 14.2 Å². The summed E-state index contributed by atoms with van der Waals surface area (Å²) in [6, 6.07) is 0. The summed E-state index contributed by atoms with van der Waals surface area (Å²) in [4.78, 5) is 24.0. The van der Waals surface area contributed by atoms with Crippen molar-refractivity contribution < 1.29 is 23.8 Å². The SMILES string of the molecule is CCCCCCCCCOC(=O)CCCCCC(=O)OC(CCCCCC)CCCOC. The molecule has 0 rings (SSSR count). The molecule has 0 aromatic rings. The van der Waals surface area contributed by atoms with Gasteiger partial charge in [0.1, 0.15) is 6.10 Å². The Morgan fingerprint density at radius 2 is 1.12 bits per heavy atom. The van der Waals surface area contributed by atoms with Crippen LogP contribution in [0.4, 0.5) is 0 Å². The molecule has 0 saturated heterocycles. The van der Waals surface area contributed by atoms with Gasteiger partial charge >= 0.3 is 11.9 Å². The van der Waals surface area contributed by atoms with Gasteiger partial charge in [-0.15, -0.1) is 0 Å². The number of hydrogen-bond donors (Lipinski definition) is 0.